The van der Waals surface area contributed by atoms with Crippen molar-refractivity contribution >= 4 is 33.6 Å². The van der Waals surface area contributed by atoms with Gasteiger partial charge in [0.15, 0.2) is 11.3 Å². The minimum Gasteiger partial charge on any atom is -0.494 e. The van der Waals surface area contributed by atoms with E-state index in [4.69, 9.17) is 22.9 Å². The average molecular weight is 605 g/mol. The lowest BCUT2D eigenvalue weighted by atomic mass is 10.2. The first-order valence-corrected chi connectivity index (χ1v) is 18.5. The first-order valence-electron chi connectivity index (χ1n) is 12.1. The lowest BCUT2D eigenvalue weighted by Crippen LogP contribution is -2.38. The molecule has 0 aliphatic heterocycles. The predicted octanol–water partition coefficient (Wildman–Crippen LogP) is 4.60. The van der Waals surface area contributed by atoms with E-state index in [1.165, 1.54) is 25.0 Å². The van der Waals surface area contributed by atoms with Crippen LogP contribution in [-0.2, 0) is 23.6 Å². The molecule has 0 aliphatic rings. The summed E-state index contributed by atoms with van der Waals surface area (Å²) in [7, 11) is -6.48. The van der Waals surface area contributed by atoms with E-state index in [0.29, 0.717) is 28.7 Å². The van der Waals surface area contributed by atoms with E-state index in [1.807, 2.05) is 0 Å². The summed E-state index contributed by atoms with van der Waals surface area (Å²) in [6, 6.07) is 8.54. The van der Waals surface area contributed by atoms with E-state index in [2.05, 4.69) is 29.0 Å². The van der Waals surface area contributed by atoms with Gasteiger partial charge in [-0.25, -0.2) is 22.8 Å². The number of methoxy groups -OCH3 is 2. The van der Waals surface area contributed by atoms with Crippen LogP contribution in [0.1, 0.15) is 13.8 Å². The Balaban J connectivity index is 2.31. The van der Waals surface area contributed by atoms with Crippen molar-refractivity contribution in [2.45, 2.75) is 13.8 Å². The highest BCUT2D eigenvalue weighted by molar-refractivity contribution is 8.32. The van der Waals surface area contributed by atoms with Crippen LogP contribution in [0.5, 0.6) is 11.5 Å². The Hall–Kier alpha value is -2.51. The van der Waals surface area contributed by atoms with Gasteiger partial charge < -0.3 is 22.9 Å². The summed E-state index contributed by atoms with van der Waals surface area (Å²) in [5.74, 6) is 1.82. The summed E-state index contributed by atoms with van der Waals surface area (Å²) in [5, 5.41) is 8.63. The van der Waals surface area contributed by atoms with Crippen LogP contribution in [0.3, 0.4) is 0 Å². The van der Waals surface area contributed by atoms with Crippen LogP contribution in [0.25, 0.3) is 17.3 Å². The van der Waals surface area contributed by atoms with Gasteiger partial charge in [0, 0.05) is 6.54 Å². The number of aromatic nitrogens is 3. The van der Waals surface area contributed by atoms with Gasteiger partial charge >= 0.3 is 7.60 Å². The fourth-order valence-electron chi connectivity index (χ4n) is 3.76. The van der Waals surface area contributed by atoms with E-state index < -0.39 is 33.1 Å². The number of ether oxygens (including phenoxy) is 2. The maximum Gasteiger partial charge on any atom is 0.347 e. The van der Waals surface area contributed by atoms with Crippen molar-refractivity contribution < 1.29 is 35.9 Å². The van der Waals surface area contributed by atoms with Crippen molar-refractivity contribution in [3.05, 3.63) is 36.6 Å². The SMILES string of the molecule is CCOP(=O)(CS(=O)(=O)N(CCS(C)(C)C)c1nnc(-c2ccco2)n1-c1c(OC)cccc1OC)OCC. The number of rotatable bonds is 15. The summed E-state index contributed by atoms with van der Waals surface area (Å²) in [6.45, 7) is 3.35. The molecule has 15 heteroatoms. The van der Waals surface area contributed by atoms with E-state index in [0.717, 1.165) is 4.31 Å². The molecule has 0 spiro atoms. The van der Waals surface area contributed by atoms with E-state index in [1.54, 1.807) is 44.2 Å². The molecular weight excluding hydrogens is 567 g/mol. The fourth-order valence-corrected chi connectivity index (χ4v) is 8.95. The minimum absolute atomic E-state index is 0.0240. The minimum atomic E-state index is -4.33. The highest BCUT2D eigenvalue weighted by Crippen LogP contribution is 2.50. The van der Waals surface area contributed by atoms with Crippen molar-refractivity contribution in [2.24, 2.45) is 0 Å². The van der Waals surface area contributed by atoms with Crippen LogP contribution >= 0.6 is 17.6 Å². The molecule has 3 rings (SSSR count). The lowest BCUT2D eigenvalue weighted by molar-refractivity contribution is 0.223. The molecule has 218 valence electrons. The Morgan fingerprint density at radius 3 is 2.08 bits per heavy atom. The first kappa shape index (κ1) is 31.0. The lowest BCUT2D eigenvalue weighted by Gasteiger charge is -2.31. The Labute approximate surface area is 231 Å². The number of hydrogen-bond acceptors (Lipinski definition) is 10. The summed E-state index contributed by atoms with van der Waals surface area (Å²) in [4.78, 5) is 0. The fraction of sp³-hybridized carbons (Fsp3) is 0.500. The third-order valence-corrected chi connectivity index (χ3v) is 11.7. The Bertz CT molecular complexity index is 1360. The molecule has 39 heavy (non-hydrogen) atoms. The van der Waals surface area contributed by atoms with Crippen molar-refractivity contribution in [1.29, 1.82) is 0 Å². The van der Waals surface area contributed by atoms with E-state index in [-0.39, 0.29) is 31.5 Å². The largest absolute Gasteiger partial charge is 0.494 e. The molecule has 0 N–H and O–H groups in total. The zero-order valence-corrected chi connectivity index (χ0v) is 25.8. The normalized spacial score (nSPS) is 12.9. The summed E-state index contributed by atoms with van der Waals surface area (Å²) in [6.07, 6.45) is 7.70. The van der Waals surface area contributed by atoms with Gasteiger partial charge in [0.2, 0.25) is 21.8 Å². The Kier molecular flexibility index (Phi) is 10.2. The molecule has 0 unspecified atom stereocenters. The molecule has 2 heterocycles. The molecule has 0 aliphatic carbocycles. The van der Waals surface area contributed by atoms with Gasteiger partial charge in [-0.1, -0.05) is 6.07 Å². The molecule has 0 atom stereocenters. The second-order valence-electron chi connectivity index (χ2n) is 9.20. The molecule has 0 saturated heterocycles. The number of sulfonamides is 1. The van der Waals surface area contributed by atoms with Crippen molar-refractivity contribution in [1.82, 2.24) is 14.8 Å². The molecular formula is C24H37N4O8PS2. The molecule has 3 aromatic rings. The van der Waals surface area contributed by atoms with Crippen LogP contribution in [0, 0.1) is 0 Å². The van der Waals surface area contributed by atoms with Gasteiger partial charge in [-0.3, -0.25) is 9.13 Å². The molecule has 0 bridgehead atoms. The van der Waals surface area contributed by atoms with Gasteiger partial charge in [0.25, 0.3) is 0 Å². The number of para-hydroxylation sites is 1. The second-order valence-corrected chi connectivity index (χ2v) is 18.2. The van der Waals surface area contributed by atoms with Crippen molar-refractivity contribution in [2.75, 3.05) is 68.3 Å². The number of benzene rings is 1. The van der Waals surface area contributed by atoms with Gasteiger partial charge in [-0.15, -0.1) is 10.2 Å². The zero-order valence-electron chi connectivity index (χ0n) is 23.3. The van der Waals surface area contributed by atoms with Gasteiger partial charge in [0.1, 0.15) is 17.2 Å². The standard InChI is InChI=1S/C24H37N4O8PS2/c1-8-35-37(29,36-9-2)18-39(30,31)27(15-17-38(5,6)7)24-26-25-23(21-14-11-16-34-21)28(24)22-19(32-3)12-10-13-20(22)33-4/h10-14,16H,8-9,15,17-18H2,1-7H3. The van der Waals surface area contributed by atoms with E-state index in [9.17, 15) is 13.0 Å². The van der Waals surface area contributed by atoms with Crippen molar-refractivity contribution in [3.8, 4) is 28.8 Å². The molecule has 1 aromatic carbocycles. The Morgan fingerprint density at radius 2 is 1.59 bits per heavy atom. The van der Waals surface area contributed by atoms with Crippen molar-refractivity contribution in [3.63, 3.8) is 0 Å². The van der Waals surface area contributed by atoms with Crippen LogP contribution in [0.4, 0.5) is 5.95 Å². The predicted molar refractivity (Wildman–Crippen MR) is 154 cm³/mol. The Morgan fingerprint density at radius 1 is 0.974 bits per heavy atom. The number of nitrogens with zero attached hydrogens (tertiary/aromatic N) is 4. The number of furan rings is 1. The van der Waals surface area contributed by atoms with Crippen LogP contribution < -0.4 is 13.8 Å². The van der Waals surface area contributed by atoms with Gasteiger partial charge in [-0.2, -0.15) is 0 Å². The highest BCUT2D eigenvalue weighted by Gasteiger charge is 2.39. The average Bonchev–Trinajstić information content (AvgIpc) is 3.52. The third-order valence-electron chi connectivity index (χ3n) is 5.45. The first-order chi connectivity index (χ1) is 18.4. The quantitative estimate of drug-likeness (QED) is 0.227. The maximum atomic E-state index is 14.0. The van der Waals surface area contributed by atoms with Crippen LogP contribution in [0.2, 0.25) is 0 Å². The third kappa shape index (κ3) is 7.37. The highest BCUT2D eigenvalue weighted by atomic mass is 32.3. The van der Waals surface area contributed by atoms with Gasteiger partial charge in [0.05, 0.1) is 33.7 Å². The van der Waals surface area contributed by atoms with Gasteiger partial charge in [-0.05, 0) is 62.6 Å². The monoisotopic (exact) mass is 604 g/mol. The van der Waals surface area contributed by atoms with Crippen LogP contribution in [-0.4, -0.2) is 87.2 Å². The second kappa shape index (κ2) is 12.8. The number of anilines is 1. The molecule has 0 saturated carbocycles. The summed E-state index contributed by atoms with van der Waals surface area (Å²) >= 11 is 0. The zero-order chi connectivity index (χ0) is 28.8. The van der Waals surface area contributed by atoms with E-state index >= 15 is 0 Å². The smallest absolute Gasteiger partial charge is 0.347 e. The molecule has 0 amide bonds. The molecule has 0 fully saturated rings. The summed E-state index contributed by atoms with van der Waals surface area (Å²) < 4.78 is 71.6. The summed E-state index contributed by atoms with van der Waals surface area (Å²) in [5.41, 5.74) is -0.498. The van der Waals surface area contributed by atoms with Crippen LogP contribution in [0.15, 0.2) is 41.0 Å². The maximum absolute atomic E-state index is 14.0. The number of hydrogen-bond donors (Lipinski definition) is 0. The molecule has 2 aromatic heterocycles. The topological polar surface area (TPSA) is 135 Å². The molecule has 0 radical (unpaired) electrons. The molecule has 12 nitrogen and oxygen atoms in total.